The molecule has 4 rings (SSSR count). The van der Waals surface area contributed by atoms with Crippen molar-refractivity contribution in [1.29, 1.82) is 0 Å². The lowest BCUT2D eigenvalue weighted by Crippen LogP contribution is -2.61. The first-order valence-electron chi connectivity index (χ1n) is 10.1. The number of nitrogens with zero attached hydrogens (tertiary/aromatic N) is 1. The van der Waals surface area contributed by atoms with Crippen molar-refractivity contribution in [2.75, 3.05) is 19.0 Å². The molecule has 0 spiro atoms. The number of hydrogen-bond donors (Lipinski definition) is 3. The Kier molecular flexibility index (Phi) is 6.43. The van der Waals surface area contributed by atoms with Gasteiger partial charge < -0.3 is 25.6 Å². The summed E-state index contributed by atoms with van der Waals surface area (Å²) in [4.78, 5) is 39.6. The zero-order valence-electron chi connectivity index (χ0n) is 17.2. The molecule has 0 aliphatic carbocycles. The number of hydrogen-bond acceptors (Lipinski definition) is 4. The molecule has 3 atom stereocenters. The maximum absolute atomic E-state index is 13.0. The molecule has 0 radical (unpaired) electrons. The van der Waals surface area contributed by atoms with E-state index in [1.165, 1.54) is 6.07 Å². The van der Waals surface area contributed by atoms with Crippen molar-refractivity contribution < 1.29 is 19.1 Å². The number of halogens is 2. The van der Waals surface area contributed by atoms with E-state index in [1.807, 2.05) is 24.3 Å². The summed E-state index contributed by atoms with van der Waals surface area (Å²) in [6.07, 6.45) is 0.722. The third kappa shape index (κ3) is 4.76. The standard InChI is InChI=1S/C22H22Cl2N4O4/c1-32-15-5-2-12(3-6-15)8-18-21(30)28-11-14(10-19(28)20(29)26-18)25-22(31)27-17-7-4-13(23)9-16(17)24/h2-7,9,14,18-19H,8,10-11H2,1H3,(H,26,29)(H2,25,27,31)/t14-,18-,19-/m0/s1. The number of methoxy groups -OCH3 is 1. The molecule has 2 aliphatic heterocycles. The minimum absolute atomic E-state index is 0.157. The van der Waals surface area contributed by atoms with Crippen LogP contribution in [-0.2, 0) is 16.0 Å². The van der Waals surface area contributed by atoms with E-state index >= 15 is 0 Å². The van der Waals surface area contributed by atoms with Crippen molar-refractivity contribution in [3.8, 4) is 5.75 Å². The number of benzene rings is 2. The van der Waals surface area contributed by atoms with Crippen molar-refractivity contribution >= 4 is 46.7 Å². The summed E-state index contributed by atoms with van der Waals surface area (Å²) < 4.78 is 5.15. The van der Waals surface area contributed by atoms with Gasteiger partial charge in [0.15, 0.2) is 0 Å². The fourth-order valence-corrected chi connectivity index (χ4v) is 4.49. The number of piperazine rings is 1. The largest absolute Gasteiger partial charge is 0.497 e. The van der Waals surface area contributed by atoms with Crippen LogP contribution in [0.15, 0.2) is 42.5 Å². The van der Waals surface area contributed by atoms with Gasteiger partial charge in [0.05, 0.1) is 23.9 Å². The monoisotopic (exact) mass is 476 g/mol. The Labute approximate surface area is 195 Å². The van der Waals surface area contributed by atoms with E-state index in [1.54, 1.807) is 24.1 Å². The molecule has 0 aromatic heterocycles. The first-order chi connectivity index (χ1) is 15.3. The lowest BCUT2D eigenvalue weighted by atomic mass is 10.0. The molecule has 168 valence electrons. The molecule has 2 aromatic carbocycles. The van der Waals surface area contributed by atoms with Crippen LogP contribution in [0.25, 0.3) is 0 Å². The third-order valence-electron chi connectivity index (χ3n) is 5.61. The normalized spacial score (nSPS) is 22.2. The molecule has 2 heterocycles. The van der Waals surface area contributed by atoms with Crippen LogP contribution in [0.2, 0.25) is 10.0 Å². The summed E-state index contributed by atoms with van der Waals surface area (Å²) in [6.45, 7) is 0.262. The first-order valence-corrected chi connectivity index (χ1v) is 10.9. The lowest BCUT2D eigenvalue weighted by Gasteiger charge is -2.34. The third-order valence-corrected chi connectivity index (χ3v) is 6.16. The summed E-state index contributed by atoms with van der Waals surface area (Å²) in [5.74, 6) is 0.351. The van der Waals surface area contributed by atoms with Gasteiger partial charge in [-0.1, -0.05) is 35.3 Å². The van der Waals surface area contributed by atoms with Gasteiger partial charge >= 0.3 is 6.03 Å². The van der Waals surface area contributed by atoms with Crippen LogP contribution in [0.5, 0.6) is 5.75 Å². The zero-order valence-corrected chi connectivity index (χ0v) is 18.7. The van der Waals surface area contributed by atoms with Crippen LogP contribution in [0.3, 0.4) is 0 Å². The Morgan fingerprint density at radius 2 is 1.94 bits per heavy atom. The number of ether oxygens (including phenoxy) is 1. The van der Waals surface area contributed by atoms with Crippen molar-refractivity contribution in [1.82, 2.24) is 15.5 Å². The number of rotatable bonds is 5. The average molecular weight is 477 g/mol. The van der Waals surface area contributed by atoms with Crippen molar-refractivity contribution in [3.05, 3.63) is 58.1 Å². The van der Waals surface area contributed by atoms with Gasteiger partial charge in [-0.2, -0.15) is 0 Å². The second-order valence-electron chi connectivity index (χ2n) is 7.78. The van der Waals surface area contributed by atoms with Gasteiger partial charge in [0.2, 0.25) is 11.8 Å². The molecule has 0 bridgehead atoms. The van der Waals surface area contributed by atoms with E-state index in [9.17, 15) is 14.4 Å². The minimum atomic E-state index is -0.646. The lowest BCUT2D eigenvalue weighted by molar-refractivity contribution is -0.147. The fraction of sp³-hybridized carbons (Fsp3) is 0.318. The van der Waals surface area contributed by atoms with E-state index in [0.29, 0.717) is 28.6 Å². The number of fused-ring (bicyclic) bond motifs is 1. The highest BCUT2D eigenvalue weighted by Crippen LogP contribution is 2.27. The second kappa shape index (κ2) is 9.26. The van der Waals surface area contributed by atoms with E-state index in [2.05, 4.69) is 16.0 Å². The predicted octanol–water partition coefficient (Wildman–Crippen LogP) is 2.83. The van der Waals surface area contributed by atoms with Crippen molar-refractivity contribution in [2.24, 2.45) is 0 Å². The van der Waals surface area contributed by atoms with E-state index in [0.717, 1.165) is 11.3 Å². The Bertz CT molecular complexity index is 1050. The van der Waals surface area contributed by atoms with Gasteiger partial charge in [-0.05, 0) is 42.3 Å². The van der Waals surface area contributed by atoms with Crippen LogP contribution in [0.4, 0.5) is 10.5 Å². The highest BCUT2D eigenvalue weighted by molar-refractivity contribution is 6.36. The Balaban J connectivity index is 1.37. The molecule has 4 amide bonds. The number of carbonyl (C=O) groups excluding carboxylic acids is 3. The number of anilines is 1. The Morgan fingerprint density at radius 1 is 1.19 bits per heavy atom. The van der Waals surface area contributed by atoms with Gasteiger partial charge in [0.1, 0.15) is 17.8 Å². The molecule has 2 fully saturated rings. The number of carbonyl (C=O) groups is 3. The maximum atomic E-state index is 13.0. The van der Waals surface area contributed by atoms with Gasteiger partial charge in [0, 0.05) is 18.0 Å². The highest BCUT2D eigenvalue weighted by atomic mass is 35.5. The van der Waals surface area contributed by atoms with Crippen LogP contribution >= 0.6 is 23.2 Å². The topological polar surface area (TPSA) is 99.8 Å². The number of urea groups is 1. The van der Waals surface area contributed by atoms with Gasteiger partial charge in [-0.25, -0.2) is 4.79 Å². The molecule has 3 N–H and O–H groups in total. The van der Waals surface area contributed by atoms with Crippen molar-refractivity contribution in [3.63, 3.8) is 0 Å². The summed E-state index contributed by atoms with van der Waals surface area (Å²) in [5, 5.41) is 9.07. The van der Waals surface area contributed by atoms with E-state index in [-0.39, 0.29) is 24.4 Å². The summed E-state index contributed by atoms with van der Waals surface area (Å²) in [5.41, 5.74) is 1.33. The first kappa shape index (κ1) is 22.2. The highest BCUT2D eigenvalue weighted by Gasteiger charge is 2.46. The fourth-order valence-electron chi connectivity index (χ4n) is 4.03. The Morgan fingerprint density at radius 3 is 2.62 bits per heavy atom. The van der Waals surface area contributed by atoms with Crippen LogP contribution < -0.4 is 20.7 Å². The average Bonchev–Trinajstić information content (AvgIpc) is 3.19. The molecule has 32 heavy (non-hydrogen) atoms. The maximum Gasteiger partial charge on any atom is 0.319 e. The quantitative estimate of drug-likeness (QED) is 0.617. The van der Waals surface area contributed by atoms with Crippen molar-refractivity contribution in [2.45, 2.75) is 31.0 Å². The number of amides is 4. The molecule has 2 aromatic rings. The van der Waals surface area contributed by atoms with Gasteiger partial charge in [0.25, 0.3) is 0 Å². The molecule has 0 unspecified atom stereocenters. The summed E-state index contributed by atoms with van der Waals surface area (Å²) in [6, 6.07) is 10.0. The summed E-state index contributed by atoms with van der Waals surface area (Å²) in [7, 11) is 1.59. The smallest absolute Gasteiger partial charge is 0.319 e. The number of nitrogens with one attached hydrogen (secondary N) is 3. The van der Waals surface area contributed by atoms with Crippen LogP contribution in [0.1, 0.15) is 12.0 Å². The van der Waals surface area contributed by atoms with Crippen LogP contribution in [-0.4, -0.2) is 54.5 Å². The second-order valence-corrected chi connectivity index (χ2v) is 8.62. The molecule has 2 aliphatic rings. The minimum Gasteiger partial charge on any atom is -0.497 e. The molecule has 0 saturated carbocycles. The Hall–Kier alpha value is -2.97. The van der Waals surface area contributed by atoms with Gasteiger partial charge in [-0.15, -0.1) is 0 Å². The van der Waals surface area contributed by atoms with E-state index in [4.69, 9.17) is 27.9 Å². The molecule has 2 saturated heterocycles. The molecular weight excluding hydrogens is 455 g/mol. The SMILES string of the molecule is COc1ccc(C[C@@H]2NC(=O)[C@@H]3C[C@H](NC(=O)Nc4ccc(Cl)cc4Cl)CN3C2=O)cc1. The zero-order chi connectivity index (χ0) is 22.8. The predicted molar refractivity (Wildman–Crippen MR) is 121 cm³/mol. The molecule has 10 heteroatoms. The molecule has 8 nitrogen and oxygen atoms in total. The molecular formula is C22H22Cl2N4O4. The summed E-state index contributed by atoms with van der Waals surface area (Å²) >= 11 is 12.0. The van der Waals surface area contributed by atoms with Gasteiger partial charge in [-0.3, -0.25) is 9.59 Å². The van der Waals surface area contributed by atoms with E-state index < -0.39 is 18.1 Å². The van der Waals surface area contributed by atoms with Crippen LogP contribution in [0, 0.1) is 0 Å².